The Hall–Kier alpha value is -1.31. The molecule has 2 saturated heterocycles. The number of nitrogens with zero attached hydrogens (tertiary/aromatic N) is 1. The first-order valence-corrected chi connectivity index (χ1v) is 15.3. The second kappa shape index (κ2) is 14.4. The van der Waals surface area contributed by atoms with E-state index in [4.69, 9.17) is 23.7 Å². The van der Waals surface area contributed by atoms with Gasteiger partial charge in [-0.05, 0) is 88.2 Å². The first kappa shape index (κ1) is 35.9. The fourth-order valence-electron chi connectivity index (χ4n) is 4.22. The Labute approximate surface area is 254 Å². The predicted octanol–water partition coefficient (Wildman–Crippen LogP) is 2.98. The van der Waals surface area contributed by atoms with Gasteiger partial charge in [-0.3, -0.25) is 19.3 Å². The Morgan fingerprint density at radius 2 is 1.17 bits per heavy atom. The van der Waals surface area contributed by atoms with Gasteiger partial charge in [-0.2, -0.15) is 0 Å². The van der Waals surface area contributed by atoms with E-state index in [1.165, 1.54) is 0 Å². The Bertz CT molecular complexity index is 831. The topological polar surface area (TPSA) is 125 Å². The van der Waals surface area contributed by atoms with E-state index in [0.717, 1.165) is 0 Å². The average Bonchev–Trinajstić information content (AvgIpc) is 2.87. The standard InChI is InChI=1S/C29H52BrN3O8/c1-21(41-24(36)25(2,3)30)16-33(14-10-12-31-22(34)28(8)17-37-26(4,5)38-18-28)15-11-13-32-23(35)29(9)19-39-27(6,7)40-20-29/h21H,10-20H2,1-9H3,(H,31,34)(H,32,35). The van der Waals surface area contributed by atoms with Crippen LogP contribution in [-0.4, -0.2) is 104 Å². The van der Waals surface area contributed by atoms with Crippen LogP contribution < -0.4 is 10.6 Å². The number of carbonyl (C=O) groups is 3. The molecule has 2 N–H and O–H groups in total. The number of rotatable bonds is 14. The summed E-state index contributed by atoms with van der Waals surface area (Å²) in [5.41, 5.74) is -1.47. The lowest BCUT2D eigenvalue weighted by atomic mass is 9.90. The average molecular weight is 651 g/mol. The zero-order chi connectivity index (χ0) is 31.1. The van der Waals surface area contributed by atoms with Crippen LogP contribution in [0.3, 0.4) is 0 Å². The SMILES string of the molecule is CC(CN(CCCNC(=O)C1(C)COC(C)(C)OC1)CCCNC(=O)C1(C)COC(C)(C)OC1)OC(=O)C(C)(C)Br. The van der Waals surface area contributed by atoms with E-state index in [1.807, 2.05) is 48.5 Å². The van der Waals surface area contributed by atoms with E-state index < -0.39 is 26.7 Å². The molecular formula is C29H52BrN3O8. The highest BCUT2D eigenvalue weighted by atomic mass is 79.9. The van der Waals surface area contributed by atoms with Crippen LogP contribution in [0, 0.1) is 10.8 Å². The van der Waals surface area contributed by atoms with Crippen molar-refractivity contribution in [1.82, 2.24) is 15.5 Å². The largest absolute Gasteiger partial charge is 0.460 e. The van der Waals surface area contributed by atoms with Crippen LogP contribution in [0.25, 0.3) is 0 Å². The highest BCUT2D eigenvalue weighted by Gasteiger charge is 2.43. The summed E-state index contributed by atoms with van der Waals surface area (Å²) in [4.78, 5) is 40.2. The zero-order valence-corrected chi connectivity index (χ0v) is 28.0. The Morgan fingerprint density at radius 1 is 0.805 bits per heavy atom. The van der Waals surface area contributed by atoms with Gasteiger partial charge in [0.25, 0.3) is 0 Å². The summed E-state index contributed by atoms with van der Waals surface area (Å²) in [6.45, 7) is 20.4. The smallest absolute Gasteiger partial charge is 0.322 e. The highest BCUT2D eigenvalue weighted by molar-refractivity contribution is 9.10. The molecule has 2 rings (SSSR count). The van der Waals surface area contributed by atoms with E-state index in [9.17, 15) is 14.4 Å². The first-order chi connectivity index (χ1) is 18.8. The summed E-state index contributed by atoms with van der Waals surface area (Å²) in [6, 6.07) is 0. The summed E-state index contributed by atoms with van der Waals surface area (Å²) in [5.74, 6) is -1.90. The number of carbonyl (C=O) groups excluding carboxylic acids is 3. The number of halogens is 1. The van der Waals surface area contributed by atoms with E-state index in [2.05, 4.69) is 31.5 Å². The monoisotopic (exact) mass is 649 g/mol. The molecule has 2 heterocycles. The van der Waals surface area contributed by atoms with E-state index in [-0.39, 0.29) is 23.9 Å². The van der Waals surface area contributed by atoms with Gasteiger partial charge in [0.15, 0.2) is 11.6 Å². The summed E-state index contributed by atoms with van der Waals surface area (Å²) >= 11 is 3.35. The molecule has 0 spiro atoms. The zero-order valence-electron chi connectivity index (χ0n) is 26.4. The number of hydrogen-bond donors (Lipinski definition) is 2. The van der Waals surface area contributed by atoms with Crippen molar-refractivity contribution in [2.24, 2.45) is 10.8 Å². The third-order valence-corrected chi connectivity index (χ3v) is 7.56. The van der Waals surface area contributed by atoms with Crippen molar-refractivity contribution in [1.29, 1.82) is 0 Å². The van der Waals surface area contributed by atoms with Gasteiger partial charge in [-0.1, -0.05) is 15.9 Å². The van der Waals surface area contributed by atoms with E-state index in [0.29, 0.717) is 72.0 Å². The van der Waals surface area contributed by atoms with Gasteiger partial charge >= 0.3 is 5.97 Å². The van der Waals surface area contributed by atoms with Crippen molar-refractivity contribution >= 4 is 33.7 Å². The third kappa shape index (κ3) is 11.7. The van der Waals surface area contributed by atoms with Crippen molar-refractivity contribution in [3.8, 4) is 0 Å². The Morgan fingerprint density at radius 3 is 1.51 bits per heavy atom. The molecule has 2 fully saturated rings. The maximum atomic E-state index is 12.8. The molecule has 0 aromatic heterocycles. The molecule has 0 bridgehead atoms. The van der Waals surface area contributed by atoms with E-state index in [1.54, 1.807) is 13.8 Å². The van der Waals surface area contributed by atoms with Crippen LogP contribution in [0.15, 0.2) is 0 Å². The van der Waals surface area contributed by atoms with Crippen LogP contribution in [-0.2, 0) is 38.1 Å². The number of ether oxygens (including phenoxy) is 5. The van der Waals surface area contributed by atoms with Crippen molar-refractivity contribution in [2.75, 3.05) is 59.2 Å². The third-order valence-electron chi connectivity index (χ3n) is 7.23. The first-order valence-electron chi connectivity index (χ1n) is 14.5. The predicted molar refractivity (Wildman–Crippen MR) is 158 cm³/mol. The lowest BCUT2D eigenvalue weighted by molar-refractivity contribution is -0.277. The minimum atomic E-state index is -0.767. The molecule has 0 saturated carbocycles. The van der Waals surface area contributed by atoms with E-state index >= 15 is 0 Å². The molecule has 2 amide bonds. The molecule has 2 aliphatic heterocycles. The molecule has 1 unspecified atom stereocenters. The molecule has 11 nitrogen and oxygen atoms in total. The summed E-state index contributed by atoms with van der Waals surface area (Å²) in [5, 5.41) is 6.02. The summed E-state index contributed by atoms with van der Waals surface area (Å²) in [6.07, 6.45) is 1.07. The quantitative estimate of drug-likeness (QED) is 0.166. The van der Waals surface area contributed by atoms with Gasteiger partial charge in [-0.25, -0.2) is 0 Å². The van der Waals surface area contributed by atoms with Crippen LogP contribution in [0.4, 0.5) is 0 Å². The van der Waals surface area contributed by atoms with Gasteiger partial charge in [0.05, 0.1) is 37.3 Å². The van der Waals surface area contributed by atoms with Crippen LogP contribution in [0.2, 0.25) is 0 Å². The number of alkyl halides is 1. The fourth-order valence-corrected chi connectivity index (χ4v) is 4.31. The van der Waals surface area contributed by atoms with Gasteiger partial charge in [0.1, 0.15) is 10.4 Å². The van der Waals surface area contributed by atoms with Crippen LogP contribution in [0.5, 0.6) is 0 Å². The minimum Gasteiger partial charge on any atom is -0.460 e. The minimum absolute atomic E-state index is 0.100. The van der Waals surface area contributed by atoms with Crippen molar-refractivity contribution in [3.05, 3.63) is 0 Å². The molecule has 0 aromatic rings. The molecule has 0 radical (unpaired) electrons. The highest BCUT2D eigenvalue weighted by Crippen LogP contribution is 2.30. The number of hydrogen-bond acceptors (Lipinski definition) is 9. The number of esters is 1. The van der Waals surface area contributed by atoms with Gasteiger partial charge in [0, 0.05) is 19.6 Å². The van der Waals surface area contributed by atoms with Gasteiger partial charge in [-0.15, -0.1) is 0 Å². The lowest BCUT2D eigenvalue weighted by Crippen LogP contribution is -2.53. The van der Waals surface area contributed by atoms with Gasteiger partial charge < -0.3 is 34.3 Å². The van der Waals surface area contributed by atoms with Crippen molar-refractivity contribution < 1.29 is 38.1 Å². The fraction of sp³-hybridized carbons (Fsp3) is 0.897. The molecule has 0 aliphatic carbocycles. The Kier molecular flexibility index (Phi) is 12.6. The molecular weight excluding hydrogens is 598 g/mol. The van der Waals surface area contributed by atoms with Gasteiger partial charge in [0.2, 0.25) is 11.8 Å². The van der Waals surface area contributed by atoms with Crippen LogP contribution in [0.1, 0.15) is 75.2 Å². The number of nitrogens with one attached hydrogen (secondary N) is 2. The van der Waals surface area contributed by atoms with Crippen molar-refractivity contribution in [3.63, 3.8) is 0 Å². The summed E-state index contributed by atoms with van der Waals surface area (Å²) in [7, 11) is 0. The second-order valence-electron chi connectivity index (χ2n) is 13.3. The maximum Gasteiger partial charge on any atom is 0.322 e. The Balaban J connectivity index is 1.84. The van der Waals surface area contributed by atoms with Crippen LogP contribution >= 0.6 is 15.9 Å². The molecule has 238 valence electrons. The summed E-state index contributed by atoms with van der Waals surface area (Å²) < 4.78 is 27.6. The normalized spacial score (nSPS) is 22.0. The number of amides is 2. The lowest BCUT2D eigenvalue weighted by Gasteiger charge is -2.40. The van der Waals surface area contributed by atoms with Crippen molar-refractivity contribution in [2.45, 2.75) is 97.2 Å². The second-order valence-corrected chi connectivity index (χ2v) is 15.3. The molecule has 0 aromatic carbocycles. The molecule has 41 heavy (non-hydrogen) atoms. The molecule has 2 aliphatic rings. The molecule has 12 heteroatoms. The molecule has 1 atom stereocenters. The maximum absolute atomic E-state index is 12.8.